The van der Waals surface area contributed by atoms with Crippen molar-refractivity contribution in [2.75, 3.05) is 7.11 Å². The maximum absolute atomic E-state index is 12.4. The normalized spacial score (nSPS) is 16.2. The SMILES string of the molecule is COc1cnn(C)c1C(=O)C1=CCCCCC1. The van der Waals surface area contributed by atoms with Crippen molar-refractivity contribution in [2.24, 2.45) is 7.05 Å². The first-order valence-corrected chi connectivity index (χ1v) is 6.03. The molecule has 2 rings (SSSR count). The summed E-state index contributed by atoms with van der Waals surface area (Å²) < 4.78 is 6.77. The highest BCUT2D eigenvalue weighted by atomic mass is 16.5. The minimum absolute atomic E-state index is 0.0590. The number of nitrogens with zero attached hydrogens (tertiary/aromatic N) is 2. The van der Waals surface area contributed by atoms with Crippen LogP contribution in [-0.2, 0) is 7.05 Å². The molecule has 1 aliphatic rings. The molecule has 92 valence electrons. The molecular formula is C13H18N2O2. The number of methoxy groups -OCH3 is 1. The number of carbonyl (C=O) groups is 1. The number of hydrogen-bond donors (Lipinski definition) is 0. The largest absolute Gasteiger partial charge is 0.493 e. The Labute approximate surface area is 101 Å². The van der Waals surface area contributed by atoms with E-state index in [9.17, 15) is 4.79 Å². The highest BCUT2D eigenvalue weighted by Crippen LogP contribution is 2.25. The molecule has 0 atom stereocenters. The first-order chi connectivity index (χ1) is 8.24. The number of ether oxygens (including phenoxy) is 1. The zero-order valence-electron chi connectivity index (χ0n) is 10.4. The standard InChI is InChI=1S/C13H18N2O2/c1-15-12(11(17-2)9-14-15)13(16)10-7-5-3-4-6-8-10/h7,9H,3-6,8H2,1-2H3. The van der Waals surface area contributed by atoms with E-state index in [-0.39, 0.29) is 5.78 Å². The highest BCUT2D eigenvalue weighted by molar-refractivity contribution is 6.09. The molecule has 1 aliphatic carbocycles. The van der Waals surface area contributed by atoms with E-state index >= 15 is 0 Å². The number of aromatic nitrogens is 2. The van der Waals surface area contributed by atoms with Gasteiger partial charge in [-0.05, 0) is 31.3 Å². The van der Waals surface area contributed by atoms with Crippen LogP contribution in [0.4, 0.5) is 0 Å². The van der Waals surface area contributed by atoms with Gasteiger partial charge in [-0.25, -0.2) is 0 Å². The van der Waals surface area contributed by atoms with Gasteiger partial charge in [0.1, 0.15) is 0 Å². The third kappa shape index (κ3) is 2.40. The van der Waals surface area contributed by atoms with Gasteiger partial charge in [0.05, 0.1) is 13.3 Å². The molecular weight excluding hydrogens is 216 g/mol. The summed E-state index contributed by atoms with van der Waals surface area (Å²) in [5.41, 5.74) is 1.46. The smallest absolute Gasteiger partial charge is 0.210 e. The van der Waals surface area contributed by atoms with Crippen LogP contribution in [0, 0.1) is 0 Å². The molecule has 1 heterocycles. The lowest BCUT2D eigenvalue weighted by Crippen LogP contribution is -2.11. The monoisotopic (exact) mass is 234 g/mol. The highest BCUT2D eigenvalue weighted by Gasteiger charge is 2.21. The Balaban J connectivity index is 2.29. The number of ketones is 1. The number of aryl methyl sites for hydroxylation is 1. The molecule has 1 aromatic heterocycles. The Morgan fingerprint density at radius 2 is 2.24 bits per heavy atom. The molecule has 4 nitrogen and oxygen atoms in total. The van der Waals surface area contributed by atoms with E-state index < -0.39 is 0 Å². The number of hydrogen-bond acceptors (Lipinski definition) is 3. The zero-order valence-corrected chi connectivity index (χ0v) is 10.4. The number of Topliss-reactive ketones (excluding diaryl/α,β-unsaturated/α-hetero) is 1. The van der Waals surface area contributed by atoms with Crippen LogP contribution >= 0.6 is 0 Å². The quantitative estimate of drug-likeness (QED) is 0.755. The second-order valence-electron chi connectivity index (χ2n) is 4.34. The molecule has 0 saturated heterocycles. The van der Waals surface area contributed by atoms with Gasteiger partial charge in [0, 0.05) is 7.05 Å². The summed E-state index contributed by atoms with van der Waals surface area (Å²) in [4.78, 5) is 12.4. The molecule has 0 N–H and O–H groups in total. The van der Waals surface area contributed by atoms with Crippen LogP contribution in [0.5, 0.6) is 5.75 Å². The van der Waals surface area contributed by atoms with Crippen LogP contribution in [0.2, 0.25) is 0 Å². The van der Waals surface area contributed by atoms with Crippen molar-refractivity contribution in [1.82, 2.24) is 9.78 Å². The van der Waals surface area contributed by atoms with Gasteiger partial charge in [-0.15, -0.1) is 0 Å². The van der Waals surface area contributed by atoms with Crippen LogP contribution in [0.3, 0.4) is 0 Å². The van der Waals surface area contributed by atoms with Crippen molar-refractivity contribution in [3.63, 3.8) is 0 Å². The van der Waals surface area contributed by atoms with Crippen molar-refractivity contribution in [2.45, 2.75) is 32.1 Å². The summed E-state index contributed by atoms with van der Waals surface area (Å²) >= 11 is 0. The first-order valence-electron chi connectivity index (χ1n) is 6.03. The summed E-state index contributed by atoms with van der Waals surface area (Å²) in [6.45, 7) is 0. The Hall–Kier alpha value is -1.58. The second-order valence-corrected chi connectivity index (χ2v) is 4.34. The Kier molecular flexibility index (Phi) is 3.61. The Morgan fingerprint density at radius 3 is 3.00 bits per heavy atom. The molecule has 0 bridgehead atoms. The molecule has 4 heteroatoms. The van der Waals surface area contributed by atoms with E-state index in [1.165, 1.54) is 12.8 Å². The van der Waals surface area contributed by atoms with E-state index in [0.717, 1.165) is 24.8 Å². The first kappa shape index (κ1) is 11.9. The van der Waals surface area contributed by atoms with Crippen LogP contribution in [0.1, 0.15) is 42.6 Å². The Morgan fingerprint density at radius 1 is 1.41 bits per heavy atom. The maximum atomic E-state index is 12.4. The number of allylic oxidation sites excluding steroid dienone is 2. The van der Waals surface area contributed by atoms with E-state index in [0.29, 0.717) is 11.4 Å². The average molecular weight is 234 g/mol. The van der Waals surface area contributed by atoms with Gasteiger partial charge in [0.15, 0.2) is 11.4 Å². The minimum Gasteiger partial charge on any atom is -0.493 e. The topological polar surface area (TPSA) is 44.1 Å². The molecule has 0 unspecified atom stereocenters. The van der Waals surface area contributed by atoms with Crippen molar-refractivity contribution in [1.29, 1.82) is 0 Å². The summed E-state index contributed by atoms with van der Waals surface area (Å²) in [7, 11) is 3.34. The Bertz CT molecular complexity index is 446. The van der Waals surface area contributed by atoms with Crippen molar-refractivity contribution in [3.05, 3.63) is 23.5 Å². The molecule has 0 spiro atoms. The summed E-state index contributed by atoms with van der Waals surface area (Å²) in [6.07, 6.45) is 9.01. The summed E-state index contributed by atoms with van der Waals surface area (Å²) in [5, 5.41) is 4.07. The number of rotatable bonds is 3. The van der Waals surface area contributed by atoms with Crippen molar-refractivity contribution >= 4 is 5.78 Å². The predicted molar refractivity (Wildman–Crippen MR) is 65.3 cm³/mol. The predicted octanol–water partition coefficient (Wildman–Crippen LogP) is 2.50. The van der Waals surface area contributed by atoms with E-state index in [4.69, 9.17) is 4.74 Å². The molecule has 1 aromatic rings. The average Bonchev–Trinajstić information content (AvgIpc) is 2.56. The van der Waals surface area contributed by atoms with Crippen molar-refractivity contribution < 1.29 is 9.53 Å². The lowest BCUT2D eigenvalue weighted by atomic mass is 10.0. The van der Waals surface area contributed by atoms with E-state index in [1.54, 1.807) is 25.0 Å². The lowest BCUT2D eigenvalue weighted by Gasteiger charge is -2.07. The van der Waals surface area contributed by atoms with Gasteiger partial charge < -0.3 is 4.74 Å². The third-order valence-corrected chi connectivity index (χ3v) is 3.17. The van der Waals surface area contributed by atoms with Gasteiger partial charge in [-0.1, -0.05) is 12.5 Å². The lowest BCUT2D eigenvalue weighted by molar-refractivity contribution is 0.101. The van der Waals surface area contributed by atoms with Crippen LogP contribution in [0.25, 0.3) is 0 Å². The van der Waals surface area contributed by atoms with Crippen molar-refractivity contribution in [3.8, 4) is 5.75 Å². The third-order valence-electron chi connectivity index (χ3n) is 3.17. The van der Waals surface area contributed by atoms with Gasteiger partial charge in [0.2, 0.25) is 5.78 Å². The zero-order chi connectivity index (χ0) is 12.3. The molecule has 17 heavy (non-hydrogen) atoms. The molecule has 0 fully saturated rings. The molecule has 0 radical (unpaired) electrons. The van der Waals surface area contributed by atoms with Gasteiger partial charge in [-0.2, -0.15) is 5.10 Å². The number of carbonyl (C=O) groups excluding carboxylic acids is 1. The van der Waals surface area contributed by atoms with Gasteiger partial charge >= 0.3 is 0 Å². The minimum atomic E-state index is 0.0590. The van der Waals surface area contributed by atoms with Crippen LogP contribution < -0.4 is 4.74 Å². The van der Waals surface area contributed by atoms with Gasteiger partial charge in [-0.3, -0.25) is 9.48 Å². The molecule has 0 aromatic carbocycles. The maximum Gasteiger partial charge on any atom is 0.210 e. The molecule has 0 amide bonds. The molecule has 0 aliphatic heterocycles. The summed E-state index contributed by atoms with van der Waals surface area (Å²) in [6, 6.07) is 0. The summed E-state index contributed by atoms with van der Waals surface area (Å²) in [5.74, 6) is 0.617. The fourth-order valence-corrected chi connectivity index (χ4v) is 2.20. The van der Waals surface area contributed by atoms with E-state index in [1.807, 2.05) is 0 Å². The van der Waals surface area contributed by atoms with Crippen LogP contribution in [0.15, 0.2) is 17.8 Å². The second kappa shape index (κ2) is 5.17. The van der Waals surface area contributed by atoms with Crippen LogP contribution in [-0.4, -0.2) is 22.7 Å². The fourth-order valence-electron chi connectivity index (χ4n) is 2.20. The van der Waals surface area contributed by atoms with E-state index in [2.05, 4.69) is 11.2 Å². The molecule has 0 saturated carbocycles. The fraction of sp³-hybridized carbons (Fsp3) is 0.538. The van der Waals surface area contributed by atoms with Gasteiger partial charge in [0.25, 0.3) is 0 Å².